The van der Waals surface area contributed by atoms with E-state index < -0.39 is 0 Å². The molecule has 1 heterocycles. The first-order valence-corrected chi connectivity index (χ1v) is 13.9. The van der Waals surface area contributed by atoms with Crippen molar-refractivity contribution in [2.45, 2.75) is 87.5 Å². The molecule has 4 heteroatoms. The summed E-state index contributed by atoms with van der Waals surface area (Å²) in [7, 11) is 3.68. The van der Waals surface area contributed by atoms with Gasteiger partial charge in [0, 0.05) is 49.6 Å². The van der Waals surface area contributed by atoms with Crippen LogP contribution in [0, 0.1) is 5.92 Å². The number of allylic oxidation sites excluding steroid dienone is 4. The van der Waals surface area contributed by atoms with Crippen LogP contribution in [0.25, 0.3) is 11.1 Å². The van der Waals surface area contributed by atoms with Crippen molar-refractivity contribution in [2.75, 3.05) is 7.05 Å². The molecule has 0 N–H and O–H groups in total. The number of nitrogens with zero attached hydrogens (tertiary/aromatic N) is 4. The third-order valence-electron chi connectivity index (χ3n) is 6.18. The van der Waals surface area contributed by atoms with Crippen molar-refractivity contribution in [3.05, 3.63) is 77.8 Å². The van der Waals surface area contributed by atoms with Crippen LogP contribution in [0.3, 0.4) is 0 Å². The number of hydrogen-bond donors (Lipinski definition) is 0. The summed E-state index contributed by atoms with van der Waals surface area (Å²) in [6.45, 7) is 20.9. The maximum absolute atomic E-state index is 4.68. The first-order valence-electron chi connectivity index (χ1n) is 13.9. The Labute approximate surface area is 228 Å². The number of aryl methyl sites for hydroxylation is 1. The van der Waals surface area contributed by atoms with Gasteiger partial charge in [0.05, 0.1) is 6.20 Å². The highest BCUT2D eigenvalue weighted by atomic mass is 15.2. The molecule has 204 valence electrons. The van der Waals surface area contributed by atoms with Gasteiger partial charge in [0.25, 0.3) is 0 Å². The minimum Gasteiger partial charge on any atom is -0.296 e. The molecule has 1 aromatic heterocycles. The molecule has 37 heavy (non-hydrogen) atoms. The van der Waals surface area contributed by atoms with Gasteiger partial charge in [-0.15, -0.1) is 0 Å². The summed E-state index contributed by atoms with van der Waals surface area (Å²) in [6, 6.07) is 8.32. The van der Waals surface area contributed by atoms with E-state index in [0.717, 1.165) is 45.0 Å². The van der Waals surface area contributed by atoms with Gasteiger partial charge in [0.1, 0.15) is 0 Å². The molecule has 1 aromatic carbocycles. The molecule has 0 unspecified atom stereocenters. The maximum atomic E-state index is 4.68. The van der Waals surface area contributed by atoms with E-state index in [1.807, 2.05) is 72.5 Å². The predicted octanol–water partition coefficient (Wildman–Crippen LogP) is 9.59. The van der Waals surface area contributed by atoms with Crippen LogP contribution >= 0.6 is 0 Å². The zero-order valence-electron chi connectivity index (χ0n) is 25.3. The second-order valence-corrected chi connectivity index (χ2v) is 8.98. The highest BCUT2D eigenvalue weighted by Crippen LogP contribution is 2.22. The Morgan fingerprint density at radius 2 is 1.73 bits per heavy atom. The molecule has 0 spiro atoms. The van der Waals surface area contributed by atoms with E-state index in [9.17, 15) is 0 Å². The average molecular weight is 505 g/mol. The van der Waals surface area contributed by atoms with Gasteiger partial charge in [0.2, 0.25) is 0 Å². The molecule has 0 atom stereocenters. The Balaban J connectivity index is 0.000000997. The summed E-state index contributed by atoms with van der Waals surface area (Å²) in [5.74, 6) is 1.00. The summed E-state index contributed by atoms with van der Waals surface area (Å²) in [5, 5.41) is 4.23. The lowest BCUT2D eigenvalue weighted by atomic mass is 9.97. The Bertz CT molecular complexity index is 1030. The largest absolute Gasteiger partial charge is 0.296 e. The van der Waals surface area contributed by atoms with Gasteiger partial charge in [-0.05, 0) is 55.0 Å². The molecule has 0 aliphatic rings. The van der Waals surface area contributed by atoms with Crippen molar-refractivity contribution >= 4 is 23.1 Å². The van der Waals surface area contributed by atoms with Crippen molar-refractivity contribution in [3.8, 4) is 0 Å². The summed E-state index contributed by atoms with van der Waals surface area (Å²) in [4.78, 5) is 8.80. The molecular weight excluding hydrogens is 452 g/mol. The van der Waals surface area contributed by atoms with E-state index >= 15 is 0 Å². The average Bonchev–Trinajstić information content (AvgIpc) is 3.35. The Morgan fingerprint density at radius 3 is 2.22 bits per heavy atom. The van der Waals surface area contributed by atoms with Crippen LogP contribution in [-0.4, -0.2) is 28.8 Å². The number of rotatable bonds is 11. The first-order chi connectivity index (χ1) is 17.8. The fourth-order valence-electron chi connectivity index (χ4n) is 3.80. The topological polar surface area (TPSA) is 42.5 Å². The predicted molar refractivity (Wildman–Crippen MR) is 168 cm³/mol. The molecule has 2 rings (SSSR count). The molecule has 0 saturated heterocycles. The fourth-order valence-corrected chi connectivity index (χ4v) is 3.80. The number of hydrogen-bond acceptors (Lipinski definition) is 3. The van der Waals surface area contributed by atoms with Crippen LogP contribution in [-0.2, 0) is 7.05 Å². The van der Waals surface area contributed by atoms with E-state index in [1.165, 1.54) is 32.1 Å². The first kappa shape index (κ1) is 34.0. The SMILES string of the molecule is C=C(C)/C(=C\N=C(C)c1cccc(/C(C=NC)=C/C)c1)c1cnn(C)c1.CC.CCCCC(CC)CC. The summed E-state index contributed by atoms with van der Waals surface area (Å²) in [5.41, 5.74) is 7.20. The minimum atomic E-state index is 0.943. The van der Waals surface area contributed by atoms with Crippen molar-refractivity contribution in [3.63, 3.8) is 0 Å². The minimum absolute atomic E-state index is 0.943. The van der Waals surface area contributed by atoms with Crippen LogP contribution < -0.4 is 0 Å². The lowest BCUT2D eigenvalue weighted by Gasteiger charge is -2.09. The number of unbranched alkanes of at least 4 members (excludes halogenated alkanes) is 1. The van der Waals surface area contributed by atoms with Gasteiger partial charge < -0.3 is 0 Å². The van der Waals surface area contributed by atoms with Crippen LogP contribution in [0.4, 0.5) is 0 Å². The number of aliphatic imine (C=N–C) groups is 2. The van der Waals surface area contributed by atoms with Crippen molar-refractivity contribution in [1.82, 2.24) is 9.78 Å². The molecule has 0 amide bonds. The maximum Gasteiger partial charge on any atom is 0.0568 e. The Morgan fingerprint density at radius 1 is 1.08 bits per heavy atom. The molecule has 0 fully saturated rings. The van der Waals surface area contributed by atoms with E-state index in [-0.39, 0.29) is 0 Å². The van der Waals surface area contributed by atoms with Gasteiger partial charge in [0.15, 0.2) is 0 Å². The van der Waals surface area contributed by atoms with Crippen LogP contribution in [0.15, 0.2) is 71.1 Å². The molecule has 4 nitrogen and oxygen atoms in total. The molecule has 0 aliphatic carbocycles. The summed E-state index contributed by atoms with van der Waals surface area (Å²) in [6.07, 6.45) is 16.6. The molecule has 0 radical (unpaired) electrons. The third kappa shape index (κ3) is 12.7. The quantitative estimate of drug-likeness (QED) is 0.222. The van der Waals surface area contributed by atoms with Gasteiger partial charge in [-0.3, -0.25) is 14.7 Å². The lowest BCUT2D eigenvalue weighted by Crippen LogP contribution is -1.96. The molecule has 2 aromatic rings. The van der Waals surface area contributed by atoms with Gasteiger partial charge in [-0.25, -0.2) is 0 Å². The van der Waals surface area contributed by atoms with Gasteiger partial charge >= 0.3 is 0 Å². The van der Waals surface area contributed by atoms with Crippen LogP contribution in [0.5, 0.6) is 0 Å². The van der Waals surface area contributed by atoms with E-state index in [1.54, 1.807) is 11.7 Å². The second-order valence-electron chi connectivity index (χ2n) is 8.98. The highest BCUT2D eigenvalue weighted by molar-refractivity contribution is 6.10. The number of aromatic nitrogens is 2. The molecule has 0 saturated carbocycles. The van der Waals surface area contributed by atoms with Crippen molar-refractivity contribution in [1.29, 1.82) is 0 Å². The smallest absolute Gasteiger partial charge is 0.0568 e. The molecule has 0 aliphatic heterocycles. The van der Waals surface area contributed by atoms with E-state index in [0.29, 0.717) is 0 Å². The normalized spacial score (nSPS) is 12.2. The Kier molecular flexibility index (Phi) is 18.5. The number of benzene rings is 1. The zero-order chi connectivity index (χ0) is 28.2. The van der Waals surface area contributed by atoms with E-state index in [4.69, 9.17) is 0 Å². The summed E-state index contributed by atoms with van der Waals surface area (Å²) >= 11 is 0. The Hall–Kier alpha value is -3.01. The summed E-state index contributed by atoms with van der Waals surface area (Å²) < 4.78 is 1.78. The van der Waals surface area contributed by atoms with Gasteiger partial charge in [-0.1, -0.05) is 97.6 Å². The van der Waals surface area contributed by atoms with Crippen molar-refractivity contribution in [2.24, 2.45) is 23.0 Å². The van der Waals surface area contributed by atoms with E-state index in [2.05, 4.69) is 66.7 Å². The van der Waals surface area contributed by atoms with Gasteiger partial charge in [-0.2, -0.15) is 5.10 Å². The zero-order valence-corrected chi connectivity index (χ0v) is 25.3. The lowest BCUT2D eigenvalue weighted by molar-refractivity contribution is 0.438. The highest BCUT2D eigenvalue weighted by Gasteiger charge is 2.06. The second kappa shape index (κ2) is 20.1. The van der Waals surface area contributed by atoms with Crippen LogP contribution in [0.2, 0.25) is 0 Å². The van der Waals surface area contributed by atoms with Crippen LogP contribution in [0.1, 0.15) is 104 Å². The molecule has 0 bridgehead atoms. The standard InChI is InChI=1S/C22H26N4.C9H20.C2H6/c1-7-18(12-23-5)20-10-8-9-19(11-20)17(4)24-14-22(16(2)3)21-13-25-26(6)15-21;1-4-7-8-9(5-2)6-3;1-2/h7-15H,2H2,1,3-6H3;9H,4-8H2,1-3H3;1-2H3/b18-7+,22-14+,23-12?,24-17?;;. The molecular formula is C33H52N4. The van der Waals surface area contributed by atoms with Crippen molar-refractivity contribution < 1.29 is 0 Å². The fraction of sp³-hybridized carbons (Fsp3) is 0.485. The third-order valence-corrected chi connectivity index (χ3v) is 6.18. The monoisotopic (exact) mass is 504 g/mol.